The molecule has 0 radical (unpaired) electrons. The van der Waals surface area contributed by atoms with Crippen molar-refractivity contribution in [2.75, 3.05) is 0 Å². The zero-order valence-corrected chi connectivity index (χ0v) is 4.82. The molecular formula is C5H5F2NO. The Balaban J connectivity index is 3.07. The fourth-order valence-corrected chi connectivity index (χ4v) is 0.556. The maximum atomic E-state index is 12.2. The Morgan fingerprint density at radius 1 is 1.56 bits per heavy atom. The van der Waals surface area contributed by atoms with Gasteiger partial charge in [-0.05, 0) is 11.6 Å². The van der Waals surface area contributed by atoms with Gasteiger partial charge in [-0.2, -0.15) is 8.78 Å². The van der Waals surface area contributed by atoms with Gasteiger partial charge in [0.2, 0.25) is 0 Å². The first-order chi connectivity index (χ1) is 4.25. The predicted molar refractivity (Wildman–Crippen MR) is 25.8 cm³/mol. The number of hydrogen-bond donors (Lipinski definition) is 0. The molecule has 1 heterocycles. The molecule has 0 N–H and O–H groups in total. The van der Waals surface area contributed by atoms with Gasteiger partial charge < -0.3 is 4.52 Å². The summed E-state index contributed by atoms with van der Waals surface area (Å²) in [5, 5.41) is 2.77. The minimum absolute atomic E-state index is 0.0880. The second kappa shape index (κ2) is 2.13. The summed E-state index contributed by atoms with van der Waals surface area (Å²) in [5.74, 6) is -0.852. The van der Waals surface area contributed by atoms with Crippen molar-refractivity contribution in [2.45, 2.75) is 13.3 Å². The first-order valence-corrected chi connectivity index (χ1v) is 2.55. The van der Waals surface area contributed by atoms with E-state index in [1.165, 1.54) is 0 Å². The molecule has 0 aliphatic heterocycles. The molecular weight excluding hydrogens is 128 g/mol. The third-order valence-electron chi connectivity index (χ3n) is 1.05. The van der Waals surface area contributed by atoms with Crippen LogP contribution in [0.15, 0.2) is 4.52 Å². The molecule has 1 aromatic rings. The molecule has 50 valence electrons. The molecule has 0 bridgehead atoms. The Hall–Kier alpha value is -0.930. The summed E-state index contributed by atoms with van der Waals surface area (Å²) in [6, 6.07) is -0.921. The van der Waals surface area contributed by atoms with Crippen LogP contribution < -0.4 is 0 Å². The van der Waals surface area contributed by atoms with Gasteiger partial charge in [0.15, 0.2) is 0 Å². The molecule has 1 aromatic heterocycles. The predicted octanol–water partition coefficient (Wildman–Crippen LogP) is 1.52. The summed E-state index contributed by atoms with van der Waals surface area (Å²) in [7, 11) is 0. The monoisotopic (exact) mass is 133 g/mol. The van der Waals surface area contributed by atoms with Crippen LogP contribution in [0.5, 0.6) is 0 Å². The molecule has 2 nitrogen and oxygen atoms in total. The lowest BCUT2D eigenvalue weighted by molar-refractivity contribution is 0.268. The van der Waals surface area contributed by atoms with Crippen LogP contribution in [0.4, 0.5) is 8.78 Å². The van der Waals surface area contributed by atoms with Crippen LogP contribution in [0, 0.1) is 12.0 Å². The molecule has 0 atom stereocenters. The zero-order chi connectivity index (χ0) is 6.85. The molecule has 4 heteroatoms. The van der Waals surface area contributed by atoms with E-state index in [0.29, 0.717) is 0 Å². The Labute approximate surface area is 50.5 Å². The van der Waals surface area contributed by atoms with Crippen molar-refractivity contribution in [3.05, 3.63) is 17.5 Å². The maximum Gasteiger partial charge on any atom is 0.312 e. The van der Waals surface area contributed by atoms with E-state index in [2.05, 4.69) is 9.68 Å². The lowest BCUT2D eigenvalue weighted by Gasteiger charge is -1.82. The van der Waals surface area contributed by atoms with Gasteiger partial charge in [-0.1, -0.05) is 6.92 Å². The van der Waals surface area contributed by atoms with Crippen LogP contribution in [0.1, 0.15) is 12.5 Å². The highest BCUT2D eigenvalue weighted by molar-refractivity contribution is 5.04. The van der Waals surface area contributed by atoms with Crippen molar-refractivity contribution >= 4 is 0 Å². The van der Waals surface area contributed by atoms with E-state index in [1.807, 2.05) is 0 Å². The van der Waals surface area contributed by atoms with Crippen LogP contribution >= 0.6 is 0 Å². The number of halogens is 2. The highest BCUT2D eigenvalue weighted by Gasteiger charge is 2.12. The minimum Gasteiger partial charge on any atom is -0.323 e. The molecule has 0 saturated carbocycles. The highest BCUT2D eigenvalue weighted by Crippen LogP contribution is 2.10. The van der Waals surface area contributed by atoms with Crippen molar-refractivity contribution in [1.29, 1.82) is 0 Å². The van der Waals surface area contributed by atoms with Crippen molar-refractivity contribution in [3.63, 3.8) is 0 Å². The van der Waals surface area contributed by atoms with E-state index in [9.17, 15) is 8.78 Å². The largest absolute Gasteiger partial charge is 0.323 e. The molecule has 9 heavy (non-hydrogen) atoms. The normalized spacial score (nSPS) is 10.1. The fourth-order valence-electron chi connectivity index (χ4n) is 0.556. The third-order valence-corrected chi connectivity index (χ3v) is 1.05. The number of aromatic nitrogens is 1. The highest BCUT2D eigenvalue weighted by atomic mass is 19.1. The number of rotatable bonds is 1. The van der Waals surface area contributed by atoms with Crippen molar-refractivity contribution < 1.29 is 13.3 Å². The molecule has 0 fully saturated rings. The van der Waals surface area contributed by atoms with Crippen LogP contribution in [0.25, 0.3) is 0 Å². The van der Waals surface area contributed by atoms with E-state index < -0.39 is 12.0 Å². The summed E-state index contributed by atoms with van der Waals surface area (Å²) in [6.45, 7) is 1.62. The Morgan fingerprint density at radius 3 is 2.44 bits per heavy atom. The van der Waals surface area contributed by atoms with Crippen LogP contribution in [0.2, 0.25) is 0 Å². The topological polar surface area (TPSA) is 26.0 Å². The molecule has 0 spiro atoms. The molecule has 0 amide bonds. The standard InChI is InChI=1S/C5H5F2NO/c1-2-3-4(6)8-9-5(3)7/h2H2,1H3. The van der Waals surface area contributed by atoms with Crippen LogP contribution in [-0.4, -0.2) is 5.16 Å². The van der Waals surface area contributed by atoms with Gasteiger partial charge in [0.05, 0.1) is 5.56 Å². The van der Waals surface area contributed by atoms with Crippen molar-refractivity contribution in [1.82, 2.24) is 5.16 Å². The van der Waals surface area contributed by atoms with Crippen molar-refractivity contribution in [2.24, 2.45) is 0 Å². The second-order valence-electron chi connectivity index (χ2n) is 1.58. The van der Waals surface area contributed by atoms with E-state index in [-0.39, 0.29) is 12.0 Å². The van der Waals surface area contributed by atoms with E-state index in [0.717, 1.165) is 0 Å². The van der Waals surface area contributed by atoms with Gasteiger partial charge in [0, 0.05) is 0 Å². The summed E-state index contributed by atoms with van der Waals surface area (Å²) < 4.78 is 28.2. The van der Waals surface area contributed by atoms with Crippen LogP contribution in [-0.2, 0) is 6.42 Å². The van der Waals surface area contributed by atoms with Crippen LogP contribution in [0.3, 0.4) is 0 Å². The fraction of sp³-hybridized carbons (Fsp3) is 0.400. The maximum absolute atomic E-state index is 12.2. The summed E-state index contributed by atoms with van der Waals surface area (Å²) >= 11 is 0. The molecule has 0 aliphatic rings. The molecule has 0 saturated heterocycles. The summed E-state index contributed by atoms with van der Waals surface area (Å²) in [5.41, 5.74) is -0.0880. The average molecular weight is 133 g/mol. The van der Waals surface area contributed by atoms with Gasteiger partial charge in [0.25, 0.3) is 5.95 Å². The lowest BCUT2D eigenvalue weighted by Crippen LogP contribution is -1.83. The van der Waals surface area contributed by atoms with Crippen molar-refractivity contribution in [3.8, 4) is 0 Å². The molecule has 0 aromatic carbocycles. The molecule has 0 aliphatic carbocycles. The Kier molecular flexibility index (Phi) is 1.46. The number of hydrogen-bond acceptors (Lipinski definition) is 2. The SMILES string of the molecule is CCc1c(F)noc1F. The number of nitrogens with zero attached hydrogens (tertiary/aromatic N) is 1. The second-order valence-corrected chi connectivity index (χ2v) is 1.58. The van der Waals surface area contributed by atoms with Gasteiger partial charge in [-0.25, -0.2) is 0 Å². The minimum atomic E-state index is -0.921. The van der Waals surface area contributed by atoms with Gasteiger partial charge in [-0.15, -0.1) is 0 Å². The van der Waals surface area contributed by atoms with Gasteiger partial charge in [-0.3, -0.25) is 0 Å². The Bertz CT molecular complexity index is 189. The van der Waals surface area contributed by atoms with Gasteiger partial charge in [0.1, 0.15) is 0 Å². The lowest BCUT2D eigenvalue weighted by atomic mass is 10.3. The first kappa shape index (κ1) is 6.19. The summed E-state index contributed by atoms with van der Waals surface area (Å²) in [6.07, 6.45) is 0.265. The first-order valence-electron chi connectivity index (χ1n) is 2.55. The molecule has 1 rings (SSSR count). The third kappa shape index (κ3) is 0.918. The smallest absolute Gasteiger partial charge is 0.312 e. The zero-order valence-electron chi connectivity index (χ0n) is 4.82. The molecule has 0 unspecified atom stereocenters. The van der Waals surface area contributed by atoms with Gasteiger partial charge >= 0.3 is 6.01 Å². The van der Waals surface area contributed by atoms with E-state index in [4.69, 9.17) is 0 Å². The van der Waals surface area contributed by atoms with E-state index >= 15 is 0 Å². The quantitative estimate of drug-likeness (QED) is 0.580. The summed E-state index contributed by atoms with van der Waals surface area (Å²) in [4.78, 5) is 0. The Morgan fingerprint density at radius 2 is 2.22 bits per heavy atom. The average Bonchev–Trinajstić information content (AvgIpc) is 2.12. The van der Waals surface area contributed by atoms with E-state index in [1.54, 1.807) is 6.92 Å².